The zero-order valence-electron chi connectivity index (χ0n) is 10.3. The first-order chi connectivity index (χ1) is 9.70. The Morgan fingerprint density at radius 1 is 1.00 bits per heavy atom. The molecule has 1 rings (SSSR count). The van der Waals surface area contributed by atoms with Gasteiger partial charge < -0.3 is 5.11 Å². The summed E-state index contributed by atoms with van der Waals surface area (Å²) < 4.78 is 36.9. The summed E-state index contributed by atoms with van der Waals surface area (Å²) in [6, 6.07) is 3.33. The second-order valence-electron chi connectivity index (χ2n) is 3.69. The largest absolute Gasteiger partial charge is 0.478 e. The average molecular weight is 302 g/mol. The number of carbonyl (C=O) groups is 3. The maximum absolute atomic E-state index is 12.3. The number of hydrazine groups is 1. The number of rotatable bonds is 3. The molecular formula is C12H9F3N2O4. The van der Waals surface area contributed by atoms with Gasteiger partial charge in [-0.3, -0.25) is 20.4 Å². The summed E-state index contributed by atoms with van der Waals surface area (Å²) >= 11 is 0. The van der Waals surface area contributed by atoms with Gasteiger partial charge in [-0.2, -0.15) is 13.2 Å². The average Bonchev–Trinajstić information content (AvgIpc) is 2.41. The number of hydrogen-bond donors (Lipinski definition) is 3. The van der Waals surface area contributed by atoms with Crippen molar-refractivity contribution in [2.24, 2.45) is 0 Å². The van der Waals surface area contributed by atoms with Crippen LogP contribution in [0.5, 0.6) is 0 Å². The van der Waals surface area contributed by atoms with E-state index in [1.54, 1.807) is 0 Å². The van der Waals surface area contributed by atoms with Gasteiger partial charge in [0.2, 0.25) is 0 Å². The molecule has 0 aliphatic heterocycles. The van der Waals surface area contributed by atoms with Crippen molar-refractivity contribution in [2.45, 2.75) is 6.18 Å². The summed E-state index contributed by atoms with van der Waals surface area (Å²) in [4.78, 5) is 32.7. The van der Waals surface area contributed by atoms with Crippen molar-refractivity contribution in [3.05, 3.63) is 47.5 Å². The van der Waals surface area contributed by atoms with Gasteiger partial charge in [-0.1, -0.05) is 0 Å². The Bertz CT molecular complexity index is 579. The van der Waals surface area contributed by atoms with Crippen LogP contribution in [0.3, 0.4) is 0 Å². The molecule has 0 atom stereocenters. The number of hydrogen-bond acceptors (Lipinski definition) is 3. The molecule has 2 amide bonds. The summed E-state index contributed by atoms with van der Waals surface area (Å²) in [7, 11) is 0. The van der Waals surface area contributed by atoms with Crippen molar-refractivity contribution in [3.63, 3.8) is 0 Å². The van der Waals surface area contributed by atoms with Gasteiger partial charge >= 0.3 is 12.1 Å². The molecule has 1 aromatic carbocycles. The van der Waals surface area contributed by atoms with Gasteiger partial charge in [0.15, 0.2) is 0 Å². The molecule has 9 heteroatoms. The van der Waals surface area contributed by atoms with Crippen LogP contribution in [0.25, 0.3) is 0 Å². The smallest absolute Gasteiger partial charge is 0.416 e. The lowest BCUT2D eigenvalue weighted by molar-refractivity contribution is -0.137. The molecule has 0 bridgehead atoms. The number of benzene rings is 1. The van der Waals surface area contributed by atoms with E-state index < -0.39 is 29.5 Å². The zero-order chi connectivity index (χ0) is 16.0. The number of amides is 2. The fourth-order valence-corrected chi connectivity index (χ4v) is 1.19. The highest BCUT2D eigenvalue weighted by atomic mass is 19.4. The highest BCUT2D eigenvalue weighted by Crippen LogP contribution is 2.28. The van der Waals surface area contributed by atoms with Crippen LogP contribution in [0.4, 0.5) is 13.2 Å². The van der Waals surface area contributed by atoms with E-state index in [1.807, 2.05) is 10.9 Å². The Balaban J connectivity index is 2.60. The minimum Gasteiger partial charge on any atom is -0.478 e. The lowest BCUT2D eigenvalue weighted by Crippen LogP contribution is -2.40. The molecule has 3 N–H and O–H groups in total. The third-order valence-corrected chi connectivity index (χ3v) is 2.15. The van der Waals surface area contributed by atoms with E-state index in [1.165, 1.54) is 0 Å². The van der Waals surface area contributed by atoms with Gasteiger partial charge in [0.05, 0.1) is 5.56 Å². The molecule has 0 fully saturated rings. The first kappa shape index (κ1) is 16.2. The minimum absolute atomic E-state index is 0.106. The second-order valence-corrected chi connectivity index (χ2v) is 3.69. The predicted octanol–water partition coefficient (Wildman–Crippen LogP) is 1.11. The van der Waals surface area contributed by atoms with E-state index in [4.69, 9.17) is 5.11 Å². The number of alkyl halides is 3. The summed E-state index contributed by atoms with van der Waals surface area (Å²) in [6.07, 6.45) is -3.29. The number of nitrogens with one attached hydrogen (secondary N) is 2. The van der Waals surface area contributed by atoms with Crippen LogP contribution < -0.4 is 10.9 Å². The zero-order valence-corrected chi connectivity index (χ0v) is 10.3. The highest BCUT2D eigenvalue weighted by Gasteiger charge is 2.30. The van der Waals surface area contributed by atoms with Crippen molar-refractivity contribution < 1.29 is 32.7 Å². The van der Waals surface area contributed by atoms with Gasteiger partial charge in [-0.25, -0.2) is 4.79 Å². The highest BCUT2D eigenvalue weighted by molar-refractivity contribution is 5.98. The molecular weight excluding hydrogens is 293 g/mol. The monoisotopic (exact) mass is 302 g/mol. The molecule has 0 saturated heterocycles. The molecule has 0 aliphatic rings. The Morgan fingerprint density at radius 3 is 2.05 bits per heavy atom. The van der Waals surface area contributed by atoms with Gasteiger partial charge in [-0.15, -0.1) is 0 Å². The Kier molecular flexibility index (Phi) is 5.06. The van der Waals surface area contributed by atoms with Crippen LogP contribution in [-0.4, -0.2) is 22.9 Å². The van der Waals surface area contributed by atoms with Crippen molar-refractivity contribution >= 4 is 17.8 Å². The van der Waals surface area contributed by atoms with Gasteiger partial charge in [-0.05, 0) is 24.3 Å². The maximum atomic E-state index is 12.3. The van der Waals surface area contributed by atoms with Crippen molar-refractivity contribution in [2.75, 3.05) is 0 Å². The topological polar surface area (TPSA) is 95.5 Å². The number of carboxylic acid groups (broad SMARTS) is 1. The Labute approximate surface area is 116 Å². The van der Waals surface area contributed by atoms with Gasteiger partial charge in [0.1, 0.15) is 0 Å². The van der Waals surface area contributed by atoms with Crippen LogP contribution in [-0.2, 0) is 15.8 Å². The lowest BCUT2D eigenvalue weighted by Gasteiger charge is -2.08. The summed E-state index contributed by atoms with van der Waals surface area (Å²) in [6.45, 7) is 0. The molecule has 0 spiro atoms. The first-order valence-corrected chi connectivity index (χ1v) is 5.38. The molecule has 21 heavy (non-hydrogen) atoms. The molecule has 0 aliphatic carbocycles. The fraction of sp³-hybridized carbons (Fsp3) is 0.0833. The standard InChI is InChI=1S/C12H9F3N2O4/c13-12(14,15)8-3-1-7(2-4-8)11(21)17-16-9(18)5-6-10(19)20/h1-6H,(H,16,18)(H,17,21)(H,19,20)/b6-5-. The van der Waals surface area contributed by atoms with Gasteiger partial charge in [0, 0.05) is 17.7 Å². The van der Waals surface area contributed by atoms with E-state index in [9.17, 15) is 27.6 Å². The Morgan fingerprint density at radius 2 is 1.57 bits per heavy atom. The molecule has 1 aromatic rings. The lowest BCUT2D eigenvalue weighted by atomic mass is 10.1. The summed E-state index contributed by atoms with van der Waals surface area (Å²) in [5, 5.41) is 8.26. The molecule has 0 unspecified atom stereocenters. The van der Waals surface area contributed by atoms with E-state index >= 15 is 0 Å². The van der Waals surface area contributed by atoms with Crippen LogP contribution in [0, 0.1) is 0 Å². The third kappa shape index (κ3) is 5.35. The fourth-order valence-electron chi connectivity index (χ4n) is 1.19. The molecule has 6 nitrogen and oxygen atoms in total. The molecule has 0 saturated carbocycles. The van der Waals surface area contributed by atoms with Crippen LogP contribution in [0.1, 0.15) is 15.9 Å². The molecule has 0 heterocycles. The maximum Gasteiger partial charge on any atom is 0.416 e. The van der Waals surface area contributed by atoms with E-state index in [0.717, 1.165) is 24.3 Å². The third-order valence-electron chi connectivity index (χ3n) is 2.15. The van der Waals surface area contributed by atoms with E-state index in [-0.39, 0.29) is 5.56 Å². The molecule has 112 valence electrons. The number of carbonyl (C=O) groups excluding carboxylic acids is 2. The predicted molar refractivity (Wildman–Crippen MR) is 63.8 cm³/mol. The quantitative estimate of drug-likeness (QED) is 0.575. The minimum atomic E-state index is -4.51. The van der Waals surface area contributed by atoms with Crippen molar-refractivity contribution in [3.8, 4) is 0 Å². The van der Waals surface area contributed by atoms with Crippen LogP contribution in [0.15, 0.2) is 36.4 Å². The van der Waals surface area contributed by atoms with Crippen molar-refractivity contribution in [1.82, 2.24) is 10.9 Å². The Hall–Kier alpha value is -2.84. The summed E-state index contributed by atoms with van der Waals surface area (Å²) in [5.74, 6) is -3.10. The molecule has 0 radical (unpaired) electrons. The normalized spacial score (nSPS) is 11.2. The second kappa shape index (κ2) is 6.55. The first-order valence-electron chi connectivity index (χ1n) is 5.38. The number of halogens is 3. The van der Waals surface area contributed by atoms with E-state index in [2.05, 4.69) is 0 Å². The SMILES string of the molecule is O=C(O)/C=C\C(=O)NNC(=O)c1ccc(C(F)(F)F)cc1. The molecule has 0 aromatic heterocycles. The number of carboxylic acids is 1. The van der Waals surface area contributed by atoms with Crippen LogP contribution >= 0.6 is 0 Å². The van der Waals surface area contributed by atoms with Crippen LogP contribution in [0.2, 0.25) is 0 Å². The summed E-state index contributed by atoms with van der Waals surface area (Å²) in [5.41, 5.74) is 2.77. The number of aliphatic carboxylic acids is 1. The van der Waals surface area contributed by atoms with Gasteiger partial charge in [0.25, 0.3) is 11.8 Å². The van der Waals surface area contributed by atoms with Crippen molar-refractivity contribution in [1.29, 1.82) is 0 Å². The van der Waals surface area contributed by atoms with E-state index in [0.29, 0.717) is 12.2 Å².